The summed E-state index contributed by atoms with van der Waals surface area (Å²) >= 11 is 0. The van der Waals surface area contributed by atoms with E-state index in [0.717, 1.165) is 18.1 Å². The molecule has 0 atom stereocenters. The topological polar surface area (TPSA) is 83.4 Å². The first-order valence-electron chi connectivity index (χ1n) is 9.30. The van der Waals surface area contributed by atoms with Gasteiger partial charge in [0.05, 0.1) is 17.3 Å². The molecule has 4 heterocycles. The lowest BCUT2D eigenvalue weighted by molar-refractivity contribution is 0.0601. The van der Waals surface area contributed by atoms with Crippen LogP contribution in [-0.2, 0) is 7.05 Å². The van der Waals surface area contributed by atoms with E-state index < -0.39 is 5.66 Å². The van der Waals surface area contributed by atoms with Crippen LogP contribution in [0.5, 0.6) is 0 Å². The number of nitrogens with zero attached hydrogens (tertiary/aromatic N) is 5. The largest absolute Gasteiger partial charge is 0.338 e. The summed E-state index contributed by atoms with van der Waals surface area (Å²) in [6.07, 6.45) is 4.67. The van der Waals surface area contributed by atoms with Gasteiger partial charge < -0.3 is 15.1 Å². The van der Waals surface area contributed by atoms with Gasteiger partial charge in [0.25, 0.3) is 11.8 Å². The highest BCUT2D eigenvalue weighted by Crippen LogP contribution is 2.36. The third kappa shape index (κ3) is 2.67. The predicted octanol–water partition coefficient (Wildman–Crippen LogP) is 1.33. The van der Waals surface area contributed by atoms with Gasteiger partial charge in [0.15, 0.2) is 0 Å². The number of hydrogen-bond donors (Lipinski definition) is 1. The Bertz CT molecular complexity index is 897. The van der Waals surface area contributed by atoms with Gasteiger partial charge in [-0.3, -0.25) is 14.3 Å². The number of pyridine rings is 1. The van der Waals surface area contributed by atoms with Gasteiger partial charge in [0.1, 0.15) is 11.5 Å². The van der Waals surface area contributed by atoms with Crippen LogP contribution in [0.3, 0.4) is 0 Å². The first-order valence-corrected chi connectivity index (χ1v) is 9.30. The van der Waals surface area contributed by atoms with E-state index in [4.69, 9.17) is 0 Å². The highest BCUT2D eigenvalue weighted by Gasteiger charge is 2.46. The third-order valence-corrected chi connectivity index (χ3v) is 5.81. The summed E-state index contributed by atoms with van der Waals surface area (Å²) < 4.78 is 1.71. The zero-order valence-corrected chi connectivity index (χ0v) is 15.9. The summed E-state index contributed by atoms with van der Waals surface area (Å²) in [5.74, 6) is 0.636. The maximum atomic E-state index is 12.9. The molecule has 2 aliphatic rings. The third-order valence-electron chi connectivity index (χ3n) is 5.81. The van der Waals surface area contributed by atoms with Crippen LogP contribution in [-0.4, -0.2) is 56.8 Å². The van der Waals surface area contributed by atoms with Gasteiger partial charge in [-0.05, 0) is 26.0 Å². The lowest BCUT2D eigenvalue weighted by Gasteiger charge is -2.51. The molecule has 8 heteroatoms. The van der Waals surface area contributed by atoms with E-state index in [-0.39, 0.29) is 11.8 Å². The van der Waals surface area contributed by atoms with Crippen molar-refractivity contribution in [3.05, 3.63) is 41.3 Å². The summed E-state index contributed by atoms with van der Waals surface area (Å²) in [7, 11) is 1.83. The standard InChI is InChI=1S/C19H24N6O2/c1-4-25-16-14(6-5-9-20-16)17(26)22-19(25)7-10-24(11-8-19)18(27)15-12-21-23(3)13(15)2/h5-6,9,12H,4,7-8,10-11H2,1-3H3,(H,22,26). The highest BCUT2D eigenvalue weighted by molar-refractivity contribution is 6.01. The summed E-state index contributed by atoms with van der Waals surface area (Å²) in [5, 5.41) is 7.37. The number of aryl methyl sites for hydroxylation is 1. The maximum absolute atomic E-state index is 12.9. The Morgan fingerprint density at radius 2 is 2.07 bits per heavy atom. The number of carbonyl (C=O) groups is 2. The molecule has 0 unspecified atom stereocenters. The molecule has 2 aromatic heterocycles. The number of rotatable bonds is 2. The SMILES string of the molecule is CCN1c2ncccc2C(=O)NC12CCN(C(=O)c1cnn(C)c1C)CC2. The van der Waals surface area contributed by atoms with Crippen molar-refractivity contribution in [1.82, 2.24) is 25.0 Å². The molecular formula is C19H24N6O2. The molecule has 0 radical (unpaired) electrons. The average molecular weight is 368 g/mol. The second kappa shape index (κ2) is 6.37. The molecule has 8 nitrogen and oxygen atoms in total. The predicted molar refractivity (Wildman–Crippen MR) is 101 cm³/mol. The molecule has 27 heavy (non-hydrogen) atoms. The second-order valence-electron chi connectivity index (χ2n) is 7.16. The molecule has 4 rings (SSSR count). The van der Waals surface area contributed by atoms with Gasteiger partial charge in [0, 0.05) is 51.4 Å². The van der Waals surface area contributed by atoms with Crippen molar-refractivity contribution >= 4 is 17.6 Å². The normalized spacial score (nSPS) is 18.4. The fourth-order valence-electron chi connectivity index (χ4n) is 4.14. The minimum atomic E-state index is -0.492. The first kappa shape index (κ1) is 17.5. The molecule has 2 aromatic rings. The smallest absolute Gasteiger partial charge is 0.257 e. The molecule has 0 saturated carbocycles. The van der Waals surface area contributed by atoms with E-state index in [1.807, 2.05) is 18.9 Å². The first-order chi connectivity index (χ1) is 13.0. The Hall–Kier alpha value is -2.90. The fraction of sp³-hybridized carbons (Fsp3) is 0.474. The molecule has 1 saturated heterocycles. The minimum Gasteiger partial charge on any atom is -0.338 e. The van der Waals surface area contributed by atoms with Gasteiger partial charge in [-0.15, -0.1) is 0 Å². The van der Waals surface area contributed by atoms with Crippen molar-refractivity contribution in [2.75, 3.05) is 24.5 Å². The summed E-state index contributed by atoms with van der Waals surface area (Å²) in [6, 6.07) is 3.58. The molecule has 2 amide bonds. The number of piperidine rings is 1. The molecule has 0 aromatic carbocycles. The van der Waals surface area contributed by atoms with Crippen molar-refractivity contribution in [2.45, 2.75) is 32.4 Å². The number of hydrogen-bond acceptors (Lipinski definition) is 5. The van der Waals surface area contributed by atoms with Crippen molar-refractivity contribution < 1.29 is 9.59 Å². The van der Waals surface area contributed by atoms with Crippen molar-refractivity contribution in [2.24, 2.45) is 7.05 Å². The lowest BCUT2D eigenvalue weighted by atomic mass is 9.90. The van der Waals surface area contributed by atoms with Crippen LogP contribution in [0.2, 0.25) is 0 Å². The summed E-state index contributed by atoms with van der Waals surface area (Å²) in [6.45, 7) is 5.85. The van der Waals surface area contributed by atoms with Gasteiger partial charge in [-0.25, -0.2) is 4.98 Å². The van der Waals surface area contributed by atoms with Crippen LogP contribution in [0.1, 0.15) is 46.2 Å². The van der Waals surface area contributed by atoms with Crippen molar-refractivity contribution in [3.63, 3.8) is 0 Å². The zero-order chi connectivity index (χ0) is 19.2. The second-order valence-corrected chi connectivity index (χ2v) is 7.16. The molecule has 1 N–H and O–H groups in total. The molecule has 2 aliphatic heterocycles. The van der Waals surface area contributed by atoms with Crippen LogP contribution in [0, 0.1) is 6.92 Å². The van der Waals surface area contributed by atoms with Crippen LogP contribution < -0.4 is 10.2 Å². The van der Waals surface area contributed by atoms with Gasteiger partial charge >= 0.3 is 0 Å². The molecule has 0 aliphatic carbocycles. The molecule has 142 valence electrons. The number of anilines is 1. The van der Waals surface area contributed by atoms with Crippen molar-refractivity contribution in [1.29, 1.82) is 0 Å². The maximum Gasteiger partial charge on any atom is 0.257 e. The van der Waals surface area contributed by atoms with E-state index in [1.54, 1.807) is 29.2 Å². The molecule has 1 spiro atoms. The van der Waals surface area contributed by atoms with Crippen LogP contribution in [0.15, 0.2) is 24.5 Å². The van der Waals surface area contributed by atoms with Crippen LogP contribution in [0.4, 0.5) is 5.82 Å². The lowest BCUT2D eigenvalue weighted by Crippen LogP contribution is -2.68. The number of fused-ring (bicyclic) bond motifs is 1. The fourth-order valence-corrected chi connectivity index (χ4v) is 4.14. The van der Waals surface area contributed by atoms with Gasteiger partial charge in [-0.2, -0.15) is 5.10 Å². The summed E-state index contributed by atoms with van der Waals surface area (Å²) in [4.78, 5) is 34.0. The van der Waals surface area contributed by atoms with Crippen LogP contribution in [0.25, 0.3) is 0 Å². The number of carbonyl (C=O) groups excluding carboxylic acids is 2. The molecule has 1 fully saturated rings. The average Bonchev–Trinajstić information content (AvgIpc) is 3.01. The molecular weight excluding hydrogens is 344 g/mol. The Balaban J connectivity index is 1.57. The minimum absolute atomic E-state index is 0.000778. The Kier molecular flexibility index (Phi) is 4.13. The number of aromatic nitrogens is 3. The van der Waals surface area contributed by atoms with Gasteiger partial charge in [-0.1, -0.05) is 0 Å². The number of amides is 2. The quantitative estimate of drug-likeness (QED) is 0.865. The van der Waals surface area contributed by atoms with E-state index in [2.05, 4.69) is 27.2 Å². The molecule has 0 bridgehead atoms. The zero-order valence-electron chi connectivity index (χ0n) is 15.9. The van der Waals surface area contributed by atoms with E-state index in [1.165, 1.54) is 0 Å². The number of likely N-dealkylation sites (tertiary alicyclic amines) is 1. The Morgan fingerprint density at radius 3 is 2.70 bits per heavy atom. The van der Waals surface area contributed by atoms with Crippen molar-refractivity contribution in [3.8, 4) is 0 Å². The Labute approximate surface area is 158 Å². The monoisotopic (exact) mass is 368 g/mol. The number of nitrogens with one attached hydrogen (secondary N) is 1. The van der Waals surface area contributed by atoms with E-state index in [9.17, 15) is 9.59 Å². The van der Waals surface area contributed by atoms with E-state index >= 15 is 0 Å². The Morgan fingerprint density at radius 1 is 1.33 bits per heavy atom. The highest BCUT2D eigenvalue weighted by atomic mass is 16.2. The van der Waals surface area contributed by atoms with Crippen LogP contribution >= 0.6 is 0 Å². The van der Waals surface area contributed by atoms with Gasteiger partial charge in [0.2, 0.25) is 0 Å². The summed E-state index contributed by atoms with van der Waals surface area (Å²) in [5.41, 5.74) is 1.61. The van der Waals surface area contributed by atoms with E-state index in [0.29, 0.717) is 37.1 Å².